The Morgan fingerprint density at radius 3 is 2.52 bits per heavy atom. The van der Waals surface area contributed by atoms with Gasteiger partial charge in [-0.25, -0.2) is 9.67 Å². The Bertz CT molecular complexity index is 983. The molecule has 0 radical (unpaired) electrons. The third-order valence-corrected chi connectivity index (χ3v) is 3.98. The summed E-state index contributed by atoms with van der Waals surface area (Å²) < 4.78 is 1.44. The van der Waals surface area contributed by atoms with Gasteiger partial charge in [0, 0.05) is 24.7 Å². The van der Waals surface area contributed by atoms with Crippen LogP contribution in [0.1, 0.15) is 19.9 Å². The number of rotatable bonds is 6. The fraction of sp³-hybridized carbons (Fsp3) is 0.263. The molecule has 0 atom stereocenters. The quantitative estimate of drug-likeness (QED) is 0.609. The minimum Gasteiger partial charge on any atom is -0.368 e. The lowest BCUT2D eigenvalue weighted by atomic mass is 10.0. The number of nitrogens with two attached hydrogens (primary N) is 2. The SMILES string of the molecule is CC(C)n1nc(-c2c(NCCN)nc(N)nc2-c2ccccc2)ccc1=O. The first-order valence-electron chi connectivity index (χ1n) is 8.78. The van der Waals surface area contributed by atoms with Gasteiger partial charge in [-0.15, -0.1) is 0 Å². The zero-order valence-electron chi connectivity index (χ0n) is 15.4. The average molecular weight is 365 g/mol. The van der Waals surface area contributed by atoms with Crippen molar-refractivity contribution in [2.75, 3.05) is 24.1 Å². The molecule has 0 saturated heterocycles. The Morgan fingerprint density at radius 2 is 1.85 bits per heavy atom. The first-order chi connectivity index (χ1) is 13.0. The van der Waals surface area contributed by atoms with Crippen LogP contribution in [0.5, 0.6) is 0 Å². The summed E-state index contributed by atoms with van der Waals surface area (Å²) in [6, 6.07) is 12.8. The molecule has 0 saturated carbocycles. The minimum absolute atomic E-state index is 0.0761. The maximum absolute atomic E-state index is 12.1. The molecule has 0 fully saturated rings. The standard InChI is InChI=1S/C19H23N7O/c1-12(2)26-15(27)9-8-14(25-26)16-17(13-6-4-3-5-7-13)23-19(21)24-18(16)22-11-10-20/h3-9,12H,10-11,20H2,1-2H3,(H3,21,22,23,24). The van der Waals surface area contributed by atoms with E-state index in [9.17, 15) is 4.79 Å². The fourth-order valence-electron chi connectivity index (χ4n) is 2.77. The van der Waals surface area contributed by atoms with Crippen molar-refractivity contribution in [3.05, 3.63) is 52.8 Å². The summed E-state index contributed by atoms with van der Waals surface area (Å²) in [5.41, 5.74) is 14.2. The summed E-state index contributed by atoms with van der Waals surface area (Å²) >= 11 is 0. The lowest BCUT2D eigenvalue weighted by Gasteiger charge is -2.16. The van der Waals surface area contributed by atoms with Gasteiger partial charge in [0.05, 0.1) is 23.0 Å². The van der Waals surface area contributed by atoms with Gasteiger partial charge in [-0.1, -0.05) is 30.3 Å². The predicted molar refractivity (Wildman–Crippen MR) is 107 cm³/mol. The first kappa shape index (κ1) is 18.5. The van der Waals surface area contributed by atoms with Crippen LogP contribution in [-0.4, -0.2) is 32.8 Å². The molecule has 2 aromatic heterocycles. The van der Waals surface area contributed by atoms with Gasteiger partial charge >= 0.3 is 0 Å². The highest BCUT2D eigenvalue weighted by atomic mass is 16.1. The van der Waals surface area contributed by atoms with Crippen LogP contribution >= 0.6 is 0 Å². The van der Waals surface area contributed by atoms with Crippen LogP contribution < -0.4 is 22.3 Å². The molecule has 0 aliphatic heterocycles. The number of benzene rings is 1. The van der Waals surface area contributed by atoms with Gasteiger partial charge in [0.1, 0.15) is 5.82 Å². The molecule has 8 nitrogen and oxygen atoms in total. The number of anilines is 2. The van der Waals surface area contributed by atoms with Crippen molar-refractivity contribution in [1.82, 2.24) is 19.7 Å². The van der Waals surface area contributed by atoms with Crippen LogP contribution in [0.3, 0.4) is 0 Å². The molecule has 0 aliphatic carbocycles. The average Bonchev–Trinajstić information content (AvgIpc) is 2.67. The van der Waals surface area contributed by atoms with E-state index >= 15 is 0 Å². The smallest absolute Gasteiger partial charge is 0.267 e. The molecule has 0 spiro atoms. The number of nitrogens with zero attached hydrogens (tertiary/aromatic N) is 4. The molecule has 27 heavy (non-hydrogen) atoms. The van der Waals surface area contributed by atoms with Crippen molar-refractivity contribution in [2.24, 2.45) is 5.73 Å². The third kappa shape index (κ3) is 3.95. The number of aromatic nitrogens is 4. The zero-order valence-corrected chi connectivity index (χ0v) is 15.4. The van der Waals surface area contributed by atoms with E-state index in [1.807, 2.05) is 44.2 Å². The summed E-state index contributed by atoms with van der Waals surface area (Å²) in [5, 5.41) is 7.73. The van der Waals surface area contributed by atoms with Crippen molar-refractivity contribution >= 4 is 11.8 Å². The molecular weight excluding hydrogens is 342 g/mol. The van der Waals surface area contributed by atoms with Crippen LogP contribution in [0.4, 0.5) is 11.8 Å². The molecule has 3 aromatic rings. The molecule has 0 amide bonds. The topological polar surface area (TPSA) is 125 Å². The normalized spacial score (nSPS) is 11.0. The van der Waals surface area contributed by atoms with E-state index in [2.05, 4.69) is 20.4 Å². The van der Waals surface area contributed by atoms with E-state index in [-0.39, 0.29) is 17.5 Å². The fourth-order valence-corrected chi connectivity index (χ4v) is 2.77. The molecular formula is C19H23N7O. The van der Waals surface area contributed by atoms with Gasteiger partial charge in [0.25, 0.3) is 5.56 Å². The second-order valence-electron chi connectivity index (χ2n) is 6.33. The molecule has 8 heteroatoms. The van der Waals surface area contributed by atoms with Gasteiger partial charge in [0.15, 0.2) is 0 Å². The Morgan fingerprint density at radius 1 is 1.11 bits per heavy atom. The van der Waals surface area contributed by atoms with Crippen molar-refractivity contribution < 1.29 is 0 Å². The van der Waals surface area contributed by atoms with E-state index in [1.54, 1.807) is 6.07 Å². The van der Waals surface area contributed by atoms with Crippen molar-refractivity contribution in [3.8, 4) is 22.5 Å². The maximum Gasteiger partial charge on any atom is 0.267 e. The van der Waals surface area contributed by atoms with Crippen molar-refractivity contribution in [3.63, 3.8) is 0 Å². The van der Waals surface area contributed by atoms with E-state index < -0.39 is 0 Å². The van der Waals surface area contributed by atoms with Gasteiger partial charge in [-0.3, -0.25) is 4.79 Å². The minimum atomic E-state index is -0.164. The van der Waals surface area contributed by atoms with E-state index in [0.717, 1.165) is 5.56 Å². The Kier molecular flexibility index (Phi) is 5.46. The predicted octanol–water partition coefficient (Wildman–Crippen LogP) is 1.90. The molecule has 140 valence electrons. The highest BCUT2D eigenvalue weighted by molar-refractivity contribution is 5.87. The summed E-state index contributed by atoms with van der Waals surface area (Å²) in [7, 11) is 0. The summed E-state index contributed by atoms with van der Waals surface area (Å²) in [6.45, 7) is 4.76. The van der Waals surface area contributed by atoms with E-state index in [4.69, 9.17) is 11.5 Å². The number of nitrogen functional groups attached to an aromatic ring is 1. The number of hydrogen-bond donors (Lipinski definition) is 3. The lowest BCUT2D eigenvalue weighted by Crippen LogP contribution is -2.24. The van der Waals surface area contributed by atoms with Gasteiger partial charge in [-0.2, -0.15) is 10.1 Å². The summed E-state index contributed by atoms with van der Waals surface area (Å²) in [4.78, 5) is 20.9. The maximum atomic E-state index is 12.1. The zero-order chi connectivity index (χ0) is 19.4. The van der Waals surface area contributed by atoms with Crippen molar-refractivity contribution in [2.45, 2.75) is 19.9 Å². The summed E-state index contributed by atoms with van der Waals surface area (Å²) in [5.74, 6) is 0.683. The second kappa shape index (κ2) is 7.96. The van der Waals surface area contributed by atoms with Crippen LogP contribution in [0.15, 0.2) is 47.3 Å². The van der Waals surface area contributed by atoms with Crippen LogP contribution in [0, 0.1) is 0 Å². The lowest BCUT2D eigenvalue weighted by molar-refractivity contribution is 0.505. The van der Waals surface area contributed by atoms with Crippen LogP contribution in [0.2, 0.25) is 0 Å². The molecule has 0 unspecified atom stereocenters. The monoisotopic (exact) mass is 365 g/mol. The Balaban J connectivity index is 2.29. The highest BCUT2D eigenvalue weighted by Gasteiger charge is 2.19. The first-order valence-corrected chi connectivity index (χ1v) is 8.78. The van der Waals surface area contributed by atoms with Crippen molar-refractivity contribution in [1.29, 1.82) is 0 Å². The van der Waals surface area contributed by atoms with Gasteiger partial charge in [-0.05, 0) is 19.9 Å². The van der Waals surface area contributed by atoms with Crippen LogP contribution in [0.25, 0.3) is 22.5 Å². The molecule has 5 N–H and O–H groups in total. The number of hydrogen-bond acceptors (Lipinski definition) is 7. The molecule has 0 aliphatic rings. The van der Waals surface area contributed by atoms with E-state index in [0.29, 0.717) is 35.9 Å². The van der Waals surface area contributed by atoms with Gasteiger partial charge < -0.3 is 16.8 Å². The Labute approximate surface area is 157 Å². The Hall–Kier alpha value is -3.26. The largest absolute Gasteiger partial charge is 0.368 e. The van der Waals surface area contributed by atoms with Crippen LogP contribution in [-0.2, 0) is 0 Å². The molecule has 2 heterocycles. The number of nitrogens with one attached hydrogen (secondary N) is 1. The molecule has 0 bridgehead atoms. The summed E-state index contributed by atoms with van der Waals surface area (Å²) in [6.07, 6.45) is 0. The highest BCUT2D eigenvalue weighted by Crippen LogP contribution is 2.34. The van der Waals surface area contributed by atoms with Gasteiger partial charge in [0.2, 0.25) is 5.95 Å². The van der Waals surface area contributed by atoms with E-state index in [1.165, 1.54) is 10.7 Å². The molecule has 3 rings (SSSR count). The third-order valence-electron chi connectivity index (χ3n) is 3.98. The molecule has 1 aromatic carbocycles. The second-order valence-corrected chi connectivity index (χ2v) is 6.33.